The number of carbonyl (C=O) groups is 2. The SMILES string of the molecule is CC[C@@H](C(=O)NC1CCCCC1)N(Cc1cccc(OC)c1)C(=O)CN(c1ccccc1)S(C)(=O)=O. The molecule has 8 nitrogen and oxygen atoms in total. The molecule has 0 radical (unpaired) electrons. The number of ether oxygens (including phenoxy) is 1. The Morgan fingerprint density at radius 3 is 2.36 bits per heavy atom. The number of hydrogen-bond acceptors (Lipinski definition) is 5. The number of nitrogens with zero attached hydrogens (tertiary/aromatic N) is 2. The van der Waals surface area contributed by atoms with E-state index in [1.54, 1.807) is 37.4 Å². The van der Waals surface area contributed by atoms with Crippen LogP contribution in [0.1, 0.15) is 51.0 Å². The molecule has 0 aliphatic heterocycles. The molecule has 0 heterocycles. The number of sulfonamides is 1. The van der Waals surface area contributed by atoms with E-state index in [9.17, 15) is 18.0 Å². The van der Waals surface area contributed by atoms with Gasteiger partial charge in [-0.1, -0.05) is 56.5 Å². The van der Waals surface area contributed by atoms with Gasteiger partial charge >= 0.3 is 0 Å². The molecule has 1 N–H and O–H groups in total. The van der Waals surface area contributed by atoms with Crippen molar-refractivity contribution in [3.05, 3.63) is 60.2 Å². The highest BCUT2D eigenvalue weighted by Crippen LogP contribution is 2.22. The second kappa shape index (κ2) is 12.8. The van der Waals surface area contributed by atoms with Crippen LogP contribution in [0.25, 0.3) is 0 Å². The van der Waals surface area contributed by atoms with E-state index in [-0.39, 0.29) is 18.5 Å². The summed E-state index contributed by atoms with van der Waals surface area (Å²) in [6.07, 6.45) is 6.67. The minimum Gasteiger partial charge on any atom is -0.497 e. The van der Waals surface area contributed by atoms with Crippen LogP contribution < -0.4 is 14.4 Å². The monoisotopic (exact) mass is 515 g/mol. The van der Waals surface area contributed by atoms with Gasteiger partial charge in [0.1, 0.15) is 18.3 Å². The lowest BCUT2D eigenvalue weighted by molar-refractivity contribution is -0.140. The molecule has 1 aliphatic rings. The number of anilines is 1. The van der Waals surface area contributed by atoms with Crippen molar-refractivity contribution in [1.82, 2.24) is 10.2 Å². The maximum absolute atomic E-state index is 13.7. The minimum absolute atomic E-state index is 0.103. The van der Waals surface area contributed by atoms with E-state index in [4.69, 9.17) is 4.74 Å². The molecule has 1 atom stereocenters. The van der Waals surface area contributed by atoms with Crippen molar-refractivity contribution in [3.63, 3.8) is 0 Å². The summed E-state index contributed by atoms with van der Waals surface area (Å²) in [6, 6.07) is 15.2. The molecule has 3 rings (SSSR count). The Kier molecular flexibility index (Phi) is 9.75. The first-order valence-corrected chi connectivity index (χ1v) is 14.3. The maximum atomic E-state index is 13.7. The van der Waals surface area contributed by atoms with Crippen LogP contribution in [0.4, 0.5) is 5.69 Å². The van der Waals surface area contributed by atoms with Crippen molar-refractivity contribution in [3.8, 4) is 5.75 Å². The molecule has 2 amide bonds. The van der Waals surface area contributed by atoms with Gasteiger partial charge in [0.05, 0.1) is 19.1 Å². The minimum atomic E-state index is -3.74. The highest BCUT2D eigenvalue weighted by molar-refractivity contribution is 7.92. The number of benzene rings is 2. The molecule has 0 aromatic heterocycles. The van der Waals surface area contributed by atoms with Crippen LogP contribution in [0.5, 0.6) is 5.75 Å². The number of rotatable bonds is 11. The van der Waals surface area contributed by atoms with Crippen LogP contribution in [-0.4, -0.2) is 57.1 Å². The summed E-state index contributed by atoms with van der Waals surface area (Å²) in [7, 11) is -2.17. The van der Waals surface area contributed by atoms with E-state index in [0.717, 1.165) is 41.8 Å². The Balaban J connectivity index is 1.90. The third-order valence-corrected chi connectivity index (χ3v) is 7.69. The summed E-state index contributed by atoms with van der Waals surface area (Å²) in [5.41, 5.74) is 1.19. The summed E-state index contributed by atoms with van der Waals surface area (Å²) < 4.78 is 31.7. The lowest BCUT2D eigenvalue weighted by Gasteiger charge is -2.34. The number of para-hydroxylation sites is 1. The first-order valence-electron chi connectivity index (χ1n) is 12.5. The van der Waals surface area contributed by atoms with E-state index >= 15 is 0 Å². The van der Waals surface area contributed by atoms with Gasteiger partial charge in [-0.15, -0.1) is 0 Å². The summed E-state index contributed by atoms with van der Waals surface area (Å²) in [5, 5.41) is 3.14. The molecule has 36 heavy (non-hydrogen) atoms. The molecule has 2 aromatic carbocycles. The molecule has 196 valence electrons. The maximum Gasteiger partial charge on any atom is 0.244 e. The Morgan fingerprint density at radius 1 is 1.06 bits per heavy atom. The van der Waals surface area contributed by atoms with Crippen LogP contribution >= 0.6 is 0 Å². The second-order valence-corrected chi connectivity index (χ2v) is 11.2. The van der Waals surface area contributed by atoms with Crippen molar-refractivity contribution in [2.24, 2.45) is 0 Å². The van der Waals surface area contributed by atoms with Crippen molar-refractivity contribution >= 4 is 27.5 Å². The average Bonchev–Trinajstić information content (AvgIpc) is 2.87. The Hall–Kier alpha value is -3.07. The Bertz CT molecular complexity index is 1120. The van der Waals surface area contributed by atoms with E-state index in [2.05, 4.69) is 5.32 Å². The average molecular weight is 516 g/mol. The van der Waals surface area contributed by atoms with Crippen LogP contribution in [0.15, 0.2) is 54.6 Å². The first-order chi connectivity index (χ1) is 17.2. The molecular formula is C27H37N3O5S. The predicted octanol–water partition coefficient (Wildman–Crippen LogP) is 3.72. The van der Waals surface area contributed by atoms with Crippen molar-refractivity contribution < 1.29 is 22.7 Å². The standard InChI is InChI=1S/C27H37N3O5S/c1-4-25(27(32)28-22-13-7-5-8-14-22)29(19-21-12-11-17-24(18-21)35-2)26(31)20-30(36(3,33)34)23-15-9-6-10-16-23/h6,9-12,15-18,22,25H,4-5,7-8,13-14,19-20H2,1-3H3,(H,28,32)/t25-/m0/s1. The van der Waals surface area contributed by atoms with Gasteiger partial charge < -0.3 is 15.0 Å². The molecule has 1 saturated carbocycles. The molecule has 0 spiro atoms. The Morgan fingerprint density at radius 2 is 1.75 bits per heavy atom. The van der Waals surface area contributed by atoms with Crippen molar-refractivity contribution in [2.75, 3.05) is 24.2 Å². The van der Waals surface area contributed by atoms with Gasteiger partial charge in [0.15, 0.2) is 0 Å². The smallest absolute Gasteiger partial charge is 0.244 e. The van der Waals surface area contributed by atoms with Gasteiger partial charge in [-0.25, -0.2) is 8.42 Å². The normalized spacial score (nSPS) is 15.1. The van der Waals surface area contributed by atoms with Crippen LogP contribution in [0.3, 0.4) is 0 Å². The number of carbonyl (C=O) groups excluding carboxylic acids is 2. The van der Waals surface area contributed by atoms with Gasteiger partial charge in [0, 0.05) is 12.6 Å². The number of nitrogens with one attached hydrogen (secondary N) is 1. The molecule has 0 unspecified atom stereocenters. The third-order valence-electron chi connectivity index (χ3n) is 6.55. The van der Waals surface area contributed by atoms with E-state index in [1.165, 1.54) is 11.3 Å². The summed E-state index contributed by atoms with van der Waals surface area (Å²) in [6.45, 7) is 1.61. The first kappa shape index (κ1) is 27.5. The largest absolute Gasteiger partial charge is 0.497 e. The molecule has 2 aromatic rings. The molecule has 0 saturated heterocycles. The van der Waals surface area contributed by atoms with Crippen molar-refractivity contribution in [2.45, 2.75) is 64.1 Å². The van der Waals surface area contributed by atoms with Crippen LogP contribution in [0, 0.1) is 0 Å². The lowest BCUT2D eigenvalue weighted by atomic mass is 9.95. The number of amides is 2. The van der Waals surface area contributed by atoms with Gasteiger partial charge in [-0.05, 0) is 49.1 Å². The quantitative estimate of drug-likeness (QED) is 0.492. The van der Waals surface area contributed by atoms with Crippen LogP contribution in [-0.2, 0) is 26.2 Å². The lowest BCUT2D eigenvalue weighted by Crippen LogP contribution is -2.53. The zero-order valence-electron chi connectivity index (χ0n) is 21.4. The van der Waals surface area contributed by atoms with Gasteiger partial charge in [-0.2, -0.15) is 0 Å². The highest BCUT2D eigenvalue weighted by atomic mass is 32.2. The molecule has 1 aliphatic carbocycles. The van der Waals surface area contributed by atoms with E-state index in [0.29, 0.717) is 17.9 Å². The summed E-state index contributed by atoms with van der Waals surface area (Å²) in [4.78, 5) is 28.6. The highest BCUT2D eigenvalue weighted by Gasteiger charge is 2.32. The number of hydrogen-bond donors (Lipinski definition) is 1. The van der Waals surface area contributed by atoms with E-state index < -0.39 is 28.5 Å². The van der Waals surface area contributed by atoms with Gasteiger partial charge in [0.25, 0.3) is 0 Å². The Labute approximate surface area is 214 Å². The topological polar surface area (TPSA) is 96.0 Å². The van der Waals surface area contributed by atoms with Crippen molar-refractivity contribution in [1.29, 1.82) is 0 Å². The fraction of sp³-hybridized carbons (Fsp3) is 0.481. The fourth-order valence-corrected chi connectivity index (χ4v) is 5.49. The second-order valence-electron chi connectivity index (χ2n) is 9.25. The molecule has 9 heteroatoms. The van der Waals surface area contributed by atoms with E-state index in [1.807, 2.05) is 31.2 Å². The van der Waals surface area contributed by atoms with Crippen LogP contribution in [0.2, 0.25) is 0 Å². The predicted molar refractivity (Wildman–Crippen MR) is 141 cm³/mol. The van der Waals surface area contributed by atoms with Gasteiger partial charge in [0.2, 0.25) is 21.8 Å². The molecular weight excluding hydrogens is 478 g/mol. The van der Waals surface area contributed by atoms with Gasteiger partial charge in [-0.3, -0.25) is 13.9 Å². The zero-order valence-corrected chi connectivity index (χ0v) is 22.2. The molecule has 1 fully saturated rings. The molecule has 0 bridgehead atoms. The number of methoxy groups -OCH3 is 1. The summed E-state index contributed by atoms with van der Waals surface area (Å²) in [5.74, 6) is -0.00865. The summed E-state index contributed by atoms with van der Waals surface area (Å²) >= 11 is 0. The third kappa shape index (κ3) is 7.46. The zero-order chi connectivity index (χ0) is 26.1. The fourth-order valence-electron chi connectivity index (χ4n) is 4.64.